The molecule has 3 aromatic rings. The zero-order chi connectivity index (χ0) is 39.7. The van der Waals surface area contributed by atoms with Gasteiger partial charge in [-0.2, -0.15) is 0 Å². The van der Waals surface area contributed by atoms with Crippen LogP contribution in [0.2, 0.25) is 5.02 Å². The van der Waals surface area contributed by atoms with Gasteiger partial charge in [0.05, 0.1) is 17.8 Å². The molecule has 10 nitrogen and oxygen atoms in total. The summed E-state index contributed by atoms with van der Waals surface area (Å²) in [5.41, 5.74) is 10.5. The first-order chi connectivity index (χ1) is 25.4. The maximum atomic E-state index is 15.3. The van der Waals surface area contributed by atoms with E-state index in [4.69, 9.17) is 27.1 Å². The van der Waals surface area contributed by atoms with Crippen molar-refractivity contribution in [2.75, 3.05) is 39.6 Å². The number of rotatable bonds is 13. The summed E-state index contributed by atoms with van der Waals surface area (Å²) in [7, 11) is 4.65. The molecule has 0 aliphatic heterocycles. The zero-order valence-electron chi connectivity index (χ0n) is 32.8. The first-order valence-electron chi connectivity index (χ1n) is 18.5. The van der Waals surface area contributed by atoms with Crippen LogP contribution in [-0.2, 0) is 16.0 Å². The van der Waals surface area contributed by atoms with Crippen LogP contribution >= 0.6 is 11.6 Å². The molecule has 1 aliphatic carbocycles. The van der Waals surface area contributed by atoms with Gasteiger partial charge in [0.2, 0.25) is 5.88 Å². The fourth-order valence-electron chi connectivity index (χ4n) is 6.01. The largest absolute Gasteiger partial charge is 0.481 e. The molecule has 1 heterocycles. The molecule has 290 valence electrons. The van der Waals surface area contributed by atoms with E-state index in [2.05, 4.69) is 42.0 Å². The summed E-state index contributed by atoms with van der Waals surface area (Å²) in [6.07, 6.45) is 8.07. The number of urea groups is 1. The first-order valence-corrected chi connectivity index (χ1v) is 18.8. The van der Waals surface area contributed by atoms with E-state index in [1.165, 1.54) is 38.5 Å². The van der Waals surface area contributed by atoms with Crippen LogP contribution in [0.4, 0.5) is 14.9 Å². The summed E-state index contributed by atoms with van der Waals surface area (Å²) in [5.74, 6) is 0.0307. The molecule has 1 aromatic heterocycles. The number of fused-ring (bicyclic) bond motifs is 1. The Kier molecular flexibility index (Phi) is 19.0. The molecule has 2 aromatic carbocycles. The minimum Gasteiger partial charge on any atom is -0.481 e. The van der Waals surface area contributed by atoms with Crippen molar-refractivity contribution in [2.24, 2.45) is 11.7 Å². The number of nitrogens with one attached hydrogen (secondary N) is 4. The highest BCUT2D eigenvalue weighted by atomic mass is 35.5. The molecule has 4 rings (SSSR count). The number of hydrogen-bond acceptors (Lipinski definition) is 6. The van der Waals surface area contributed by atoms with E-state index in [1.807, 2.05) is 19.9 Å². The molecule has 0 spiro atoms. The molecular weight excluding hydrogens is 695 g/mol. The van der Waals surface area contributed by atoms with E-state index in [0.29, 0.717) is 39.9 Å². The van der Waals surface area contributed by atoms with Crippen LogP contribution in [0.5, 0.6) is 5.88 Å². The third-order valence-electron chi connectivity index (χ3n) is 9.23. The van der Waals surface area contributed by atoms with Crippen LogP contribution < -0.4 is 31.7 Å². The minimum atomic E-state index is -0.626. The van der Waals surface area contributed by atoms with E-state index >= 15 is 4.39 Å². The lowest BCUT2D eigenvalue weighted by atomic mass is 9.95. The smallest absolute Gasteiger partial charge is 0.314 e. The van der Waals surface area contributed by atoms with Crippen LogP contribution in [0.15, 0.2) is 48.0 Å². The number of pyridine rings is 1. The summed E-state index contributed by atoms with van der Waals surface area (Å²) in [4.78, 5) is 40.4. The Bertz CT molecular complexity index is 1730. The first kappa shape index (κ1) is 44.7. The van der Waals surface area contributed by atoms with Gasteiger partial charge in [-0.15, -0.1) is 0 Å². The predicted molar refractivity (Wildman–Crippen MR) is 215 cm³/mol. The van der Waals surface area contributed by atoms with E-state index < -0.39 is 17.6 Å². The summed E-state index contributed by atoms with van der Waals surface area (Å²) < 4.78 is 20.9. The van der Waals surface area contributed by atoms with E-state index in [-0.39, 0.29) is 28.7 Å². The summed E-state index contributed by atoms with van der Waals surface area (Å²) >= 11 is 6.86. The second-order valence-electron chi connectivity index (χ2n) is 12.7. The maximum Gasteiger partial charge on any atom is 0.314 e. The second-order valence-corrected chi connectivity index (χ2v) is 13.1. The molecular formula is C41H58ClFN6O4. The molecule has 6 N–H and O–H groups in total. The van der Waals surface area contributed by atoms with E-state index in [0.717, 1.165) is 42.9 Å². The second kappa shape index (κ2) is 22.6. The predicted octanol–water partition coefficient (Wildman–Crippen LogP) is 8.30. The quantitative estimate of drug-likeness (QED) is 0.0514. The third-order valence-corrected chi connectivity index (χ3v) is 9.62. The Morgan fingerprint density at radius 1 is 1.09 bits per heavy atom. The molecule has 2 unspecified atom stereocenters. The van der Waals surface area contributed by atoms with Gasteiger partial charge >= 0.3 is 6.03 Å². The van der Waals surface area contributed by atoms with Crippen molar-refractivity contribution in [3.63, 3.8) is 0 Å². The van der Waals surface area contributed by atoms with Crippen molar-refractivity contribution in [1.29, 1.82) is 0 Å². The molecule has 0 bridgehead atoms. The number of carbonyl (C=O) groups is 3. The average molecular weight is 753 g/mol. The lowest BCUT2D eigenvalue weighted by Gasteiger charge is -2.17. The molecule has 1 aliphatic rings. The number of anilines is 1. The van der Waals surface area contributed by atoms with E-state index in [9.17, 15) is 14.4 Å². The number of methoxy groups -OCH3 is 1. The number of halogens is 2. The molecule has 53 heavy (non-hydrogen) atoms. The Labute approximate surface area is 319 Å². The van der Waals surface area contributed by atoms with Crippen LogP contribution in [0.1, 0.15) is 89.3 Å². The molecule has 0 saturated carbocycles. The van der Waals surface area contributed by atoms with Gasteiger partial charge in [-0.25, -0.2) is 14.2 Å². The lowest BCUT2D eigenvalue weighted by molar-refractivity contribution is -0.121. The average Bonchev–Trinajstić information content (AvgIpc) is 3.55. The van der Waals surface area contributed by atoms with Crippen LogP contribution in [0.3, 0.4) is 0 Å². The molecule has 0 saturated heterocycles. The number of unbranched alkanes of at least 4 members (excludes halogenated alkanes) is 1. The van der Waals surface area contributed by atoms with Gasteiger partial charge in [-0.1, -0.05) is 83.7 Å². The van der Waals surface area contributed by atoms with Gasteiger partial charge in [0.15, 0.2) is 0 Å². The van der Waals surface area contributed by atoms with Gasteiger partial charge in [-0.05, 0) is 79.0 Å². The Morgan fingerprint density at radius 3 is 2.43 bits per heavy atom. The highest BCUT2D eigenvalue weighted by Crippen LogP contribution is 2.44. The Morgan fingerprint density at radius 2 is 1.81 bits per heavy atom. The number of nitrogens with two attached hydrogens (primary N) is 1. The van der Waals surface area contributed by atoms with Crippen molar-refractivity contribution < 1.29 is 23.5 Å². The zero-order valence-corrected chi connectivity index (χ0v) is 33.5. The topological polar surface area (TPSA) is 147 Å². The summed E-state index contributed by atoms with van der Waals surface area (Å²) in [5, 5.41) is 10.7. The normalized spacial score (nSPS) is 13.7. The number of benzene rings is 2. The minimum absolute atomic E-state index is 0.0171. The Balaban J connectivity index is 0.000000550. The lowest BCUT2D eigenvalue weighted by Crippen LogP contribution is -2.33. The molecule has 2 atom stereocenters. The van der Waals surface area contributed by atoms with Crippen LogP contribution in [0, 0.1) is 18.7 Å². The van der Waals surface area contributed by atoms with Crippen LogP contribution in [-0.4, -0.2) is 57.1 Å². The number of hydrogen-bond donors (Lipinski definition) is 5. The van der Waals surface area contributed by atoms with Crippen molar-refractivity contribution in [3.8, 4) is 28.3 Å². The Hall–Kier alpha value is -4.48. The van der Waals surface area contributed by atoms with Crippen molar-refractivity contribution in [1.82, 2.24) is 20.9 Å². The van der Waals surface area contributed by atoms with Crippen molar-refractivity contribution >= 4 is 35.1 Å². The molecule has 0 fully saturated rings. The number of amides is 4. The van der Waals surface area contributed by atoms with Crippen molar-refractivity contribution in [3.05, 3.63) is 75.6 Å². The monoisotopic (exact) mass is 752 g/mol. The molecule has 0 radical (unpaired) electrons. The number of nitrogens with zero attached hydrogens (tertiary/aromatic N) is 1. The van der Waals surface area contributed by atoms with Gasteiger partial charge in [0.1, 0.15) is 11.4 Å². The number of carbonyl (C=O) groups excluding carboxylic acids is 3. The standard InChI is InChI=1S/C29H30ClFN4O3.C10H22N2O.C2H6/c1-15-8-9-17-14-23(35-29(38-4)24(15)17)19-10-11-21(31)25(26(19)30)18-6-5-7-22(16(18)2)34-28(37)20(12-13-32)27(36)33-3;1-4-9(2)7-5-6-8-12-10(13)11-3;1-2/h5-7,10-12,14-15H,8-9,13,32H2,1-4H3,(H,33,36)(H,34,37);9H,4-8H2,1-3H3,(H2,11,12,13);1-2H3/b20-12+;;. The fourth-order valence-corrected chi connectivity index (χ4v) is 6.36. The third kappa shape index (κ3) is 12.0. The van der Waals surface area contributed by atoms with Gasteiger partial charge in [0, 0.05) is 49.6 Å². The maximum absolute atomic E-state index is 15.3. The highest BCUT2D eigenvalue weighted by Gasteiger charge is 2.27. The molecule has 4 amide bonds. The van der Waals surface area contributed by atoms with Gasteiger partial charge in [-0.3, -0.25) is 9.59 Å². The molecule has 12 heteroatoms. The number of likely N-dealkylation sites (N-methyl/N-ethyl adjacent to an activating group) is 1. The SMILES string of the molecule is CC.CCC(C)CCCCNC(=O)NC.CNC(=O)/C(=C\CN)C(=O)Nc1cccc(-c2c(F)ccc(-c3cc4c(c(OC)n3)C(C)CC4)c2Cl)c1C. The highest BCUT2D eigenvalue weighted by molar-refractivity contribution is 6.36. The number of aromatic nitrogens is 1. The van der Waals surface area contributed by atoms with E-state index in [1.54, 1.807) is 45.3 Å². The van der Waals surface area contributed by atoms with Gasteiger partial charge in [0.25, 0.3) is 11.8 Å². The number of aryl methyl sites for hydroxylation is 1. The fraction of sp³-hybridized carbons (Fsp3) is 0.463. The number of ether oxygens (including phenoxy) is 1. The van der Waals surface area contributed by atoms with Gasteiger partial charge < -0.3 is 31.7 Å². The van der Waals surface area contributed by atoms with Crippen LogP contribution in [0.25, 0.3) is 22.4 Å². The summed E-state index contributed by atoms with van der Waals surface area (Å²) in [6, 6.07) is 9.98. The van der Waals surface area contributed by atoms with Crippen molar-refractivity contribution in [2.45, 2.75) is 86.0 Å². The summed E-state index contributed by atoms with van der Waals surface area (Å²) in [6.45, 7) is 13.2.